The zero-order valence-electron chi connectivity index (χ0n) is 17.6. The fourth-order valence-electron chi connectivity index (χ4n) is 3.41. The fraction of sp³-hybridized carbons (Fsp3) is 0.333. The Morgan fingerprint density at radius 3 is 2.67 bits per heavy atom. The molecule has 2 aromatic heterocycles. The zero-order valence-corrected chi connectivity index (χ0v) is 17.6. The molecule has 0 bridgehead atoms. The van der Waals surface area contributed by atoms with Crippen molar-refractivity contribution in [3.05, 3.63) is 53.9 Å². The first-order valence-electron chi connectivity index (χ1n) is 10.3. The van der Waals surface area contributed by atoms with Gasteiger partial charge in [-0.2, -0.15) is 0 Å². The quantitative estimate of drug-likeness (QED) is 0.534. The van der Waals surface area contributed by atoms with Gasteiger partial charge in [-0.3, -0.25) is 9.69 Å². The molecule has 156 valence electrons. The molecule has 2 heterocycles. The molecule has 0 aliphatic carbocycles. The number of nitrogens with zero attached hydrogens (tertiary/aromatic N) is 3. The van der Waals surface area contributed by atoms with Gasteiger partial charge in [0.05, 0.1) is 23.5 Å². The van der Waals surface area contributed by atoms with Gasteiger partial charge in [0.15, 0.2) is 0 Å². The van der Waals surface area contributed by atoms with Crippen molar-refractivity contribution < 1.29 is 9.90 Å². The molecular weight excluding hydrogens is 376 g/mol. The third kappa shape index (κ3) is 4.81. The monoisotopic (exact) mass is 404 g/mol. The number of phenols is 1. The van der Waals surface area contributed by atoms with Crippen LogP contribution in [-0.4, -0.2) is 44.9 Å². The van der Waals surface area contributed by atoms with Crippen LogP contribution in [0.5, 0.6) is 5.75 Å². The second-order valence-corrected chi connectivity index (χ2v) is 7.21. The standard InChI is InChI=1S/C24H28N4O2/c1-4-7-15-27(6-3)17-21-23(18-8-11-20(29)12-9-18)26-22-13-10-19(16-28(21)22)24(30)25-14-5-2/h2,8-13,16,29H,4,6-7,14-15,17H2,1,3H3,(H,25,30). The molecular formula is C24H28N4O2. The molecule has 30 heavy (non-hydrogen) atoms. The molecule has 6 heteroatoms. The molecule has 0 atom stereocenters. The number of hydrogen-bond donors (Lipinski definition) is 2. The van der Waals surface area contributed by atoms with E-state index in [9.17, 15) is 9.90 Å². The summed E-state index contributed by atoms with van der Waals surface area (Å²) in [6.45, 7) is 7.15. The van der Waals surface area contributed by atoms with Crippen LogP contribution in [0.3, 0.4) is 0 Å². The number of fused-ring (bicyclic) bond motifs is 1. The summed E-state index contributed by atoms with van der Waals surface area (Å²) in [6, 6.07) is 10.7. The third-order valence-corrected chi connectivity index (χ3v) is 5.12. The Balaban J connectivity index is 2.08. The average molecular weight is 405 g/mol. The first-order chi connectivity index (χ1) is 14.6. The predicted octanol–water partition coefficient (Wildman–Crippen LogP) is 3.69. The van der Waals surface area contributed by atoms with E-state index in [1.54, 1.807) is 18.2 Å². The minimum absolute atomic E-state index is 0.188. The van der Waals surface area contributed by atoms with E-state index in [0.717, 1.165) is 48.5 Å². The number of aromatic nitrogens is 2. The van der Waals surface area contributed by atoms with Crippen LogP contribution in [0.15, 0.2) is 42.6 Å². The van der Waals surface area contributed by atoms with Crippen LogP contribution in [0.1, 0.15) is 42.7 Å². The smallest absolute Gasteiger partial charge is 0.253 e. The molecule has 0 saturated carbocycles. The van der Waals surface area contributed by atoms with Crippen molar-refractivity contribution in [2.24, 2.45) is 0 Å². The van der Waals surface area contributed by atoms with Crippen LogP contribution in [-0.2, 0) is 6.54 Å². The Morgan fingerprint density at radius 1 is 1.23 bits per heavy atom. The maximum absolute atomic E-state index is 12.4. The number of imidazole rings is 1. The number of terminal acetylenes is 1. The predicted molar refractivity (Wildman–Crippen MR) is 119 cm³/mol. The third-order valence-electron chi connectivity index (χ3n) is 5.12. The van der Waals surface area contributed by atoms with Gasteiger partial charge in [0.1, 0.15) is 11.4 Å². The number of hydrogen-bond acceptors (Lipinski definition) is 4. The van der Waals surface area contributed by atoms with Crippen molar-refractivity contribution in [1.29, 1.82) is 0 Å². The van der Waals surface area contributed by atoms with Crippen molar-refractivity contribution >= 4 is 11.6 Å². The van der Waals surface area contributed by atoms with Gasteiger partial charge >= 0.3 is 0 Å². The zero-order chi connectivity index (χ0) is 21.5. The molecule has 0 saturated heterocycles. The molecule has 2 N–H and O–H groups in total. The first-order valence-corrected chi connectivity index (χ1v) is 10.3. The van der Waals surface area contributed by atoms with Gasteiger partial charge < -0.3 is 14.8 Å². The summed E-state index contributed by atoms with van der Waals surface area (Å²) in [5.41, 5.74) is 4.10. The van der Waals surface area contributed by atoms with Crippen molar-refractivity contribution in [2.75, 3.05) is 19.6 Å². The Kier molecular flexibility index (Phi) is 7.10. The Labute approximate surface area is 177 Å². The summed E-state index contributed by atoms with van der Waals surface area (Å²) in [4.78, 5) is 19.6. The lowest BCUT2D eigenvalue weighted by molar-refractivity contribution is 0.0958. The van der Waals surface area contributed by atoms with E-state index in [1.165, 1.54) is 0 Å². The van der Waals surface area contributed by atoms with Gasteiger partial charge in [-0.15, -0.1) is 6.42 Å². The largest absolute Gasteiger partial charge is 0.508 e. The van der Waals surface area contributed by atoms with Gasteiger partial charge in [-0.25, -0.2) is 4.98 Å². The molecule has 6 nitrogen and oxygen atoms in total. The number of rotatable bonds is 9. The van der Waals surface area contributed by atoms with E-state index in [1.807, 2.05) is 28.8 Å². The van der Waals surface area contributed by atoms with E-state index >= 15 is 0 Å². The number of unbranched alkanes of at least 4 members (excludes halogenated alkanes) is 1. The maximum Gasteiger partial charge on any atom is 0.253 e. The number of carbonyl (C=O) groups is 1. The summed E-state index contributed by atoms with van der Waals surface area (Å²) >= 11 is 0. The number of benzene rings is 1. The second-order valence-electron chi connectivity index (χ2n) is 7.21. The number of nitrogens with one attached hydrogen (secondary N) is 1. The minimum Gasteiger partial charge on any atom is -0.508 e. The lowest BCUT2D eigenvalue weighted by Gasteiger charge is -2.20. The van der Waals surface area contributed by atoms with Gasteiger partial charge in [0.25, 0.3) is 5.91 Å². The van der Waals surface area contributed by atoms with E-state index in [0.29, 0.717) is 12.1 Å². The summed E-state index contributed by atoms with van der Waals surface area (Å²) < 4.78 is 1.99. The molecule has 3 aromatic rings. The summed E-state index contributed by atoms with van der Waals surface area (Å²) in [5.74, 6) is 2.43. The fourth-order valence-corrected chi connectivity index (χ4v) is 3.41. The normalized spacial score (nSPS) is 11.0. The van der Waals surface area contributed by atoms with E-state index in [-0.39, 0.29) is 18.2 Å². The van der Waals surface area contributed by atoms with Crippen LogP contribution >= 0.6 is 0 Å². The number of amides is 1. The van der Waals surface area contributed by atoms with Crippen LogP contribution in [0.2, 0.25) is 0 Å². The Morgan fingerprint density at radius 2 is 2.00 bits per heavy atom. The van der Waals surface area contributed by atoms with Gasteiger partial charge in [-0.05, 0) is 55.9 Å². The molecule has 0 unspecified atom stereocenters. The SMILES string of the molecule is C#CCNC(=O)c1ccc2nc(-c3ccc(O)cc3)c(CN(CC)CCCC)n2c1. The van der Waals surface area contributed by atoms with Crippen molar-refractivity contribution in [3.63, 3.8) is 0 Å². The number of phenolic OH excluding ortho intramolecular Hbond substituents is 1. The van der Waals surface area contributed by atoms with E-state index in [2.05, 4.69) is 30.0 Å². The van der Waals surface area contributed by atoms with E-state index in [4.69, 9.17) is 11.4 Å². The van der Waals surface area contributed by atoms with Crippen molar-refractivity contribution in [1.82, 2.24) is 19.6 Å². The molecule has 0 aliphatic rings. The van der Waals surface area contributed by atoms with Crippen LogP contribution in [0, 0.1) is 12.3 Å². The van der Waals surface area contributed by atoms with Gasteiger partial charge in [0, 0.05) is 18.3 Å². The van der Waals surface area contributed by atoms with Crippen LogP contribution < -0.4 is 5.32 Å². The van der Waals surface area contributed by atoms with Crippen molar-refractivity contribution in [3.8, 4) is 29.4 Å². The molecule has 0 aliphatic heterocycles. The highest BCUT2D eigenvalue weighted by molar-refractivity contribution is 5.94. The highest BCUT2D eigenvalue weighted by Crippen LogP contribution is 2.27. The minimum atomic E-state index is -0.209. The Bertz CT molecular complexity index is 1050. The molecule has 1 aromatic carbocycles. The Hall–Kier alpha value is -3.30. The van der Waals surface area contributed by atoms with Crippen LogP contribution in [0.25, 0.3) is 16.9 Å². The number of pyridine rings is 1. The highest BCUT2D eigenvalue weighted by Gasteiger charge is 2.18. The highest BCUT2D eigenvalue weighted by atomic mass is 16.3. The first kappa shape index (κ1) is 21.4. The molecule has 3 rings (SSSR count). The molecule has 0 radical (unpaired) electrons. The second kappa shape index (κ2) is 9.95. The lowest BCUT2D eigenvalue weighted by atomic mass is 10.1. The van der Waals surface area contributed by atoms with Gasteiger partial charge in [0.2, 0.25) is 0 Å². The number of carbonyl (C=O) groups excluding carboxylic acids is 1. The van der Waals surface area contributed by atoms with Gasteiger partial charge in [-0.1, -0.05) is 26.2 Å². The maximum atomic E-state index is 12.4. The van der Waals surface area contributed by atoms with Crippen molar-refractivity contribution in [2.45, 2.75) is 33.2 Å². The lowest BCUT2D eigenvalue weighted by Crippen LogP contribution is -2.25. The van der Waals surface area contributed by atoms with Crippen LogP contribution in [0.4, 0.5) is 0 Å². The molecule has 1 amide bonds. The summed E-state index contributed by atoms with van der Waals surface area (Å²) in [7, 11) is 0. The molecule has 0 spiro atoms. The summed E-state index contributed by atoms with van der Waals surface area (Å²) in [5, 5.41) is 12.4. The summed E-state index contributed by atoms with van der Waals surface area (Å²) in [6.07, 6.45) is 9.33. The van der Waals surface area contributed by atoms with E-state index < -0.39 is 0 Å². The average Bonchev–Trinajstić information content (AvgIpc) is 3.12. The molecule has 0 fully saturated rings. The topological polar surface area (TPSA) is 69.9 Å². The number of aromatic hydroxyl groups is 1.